The van der Waals surface area contributed by atoms with Crippen LogP contribution in [0.1, 0.15) is 36.0 Å². The van der Waals surface area contributed by atoms with Crippen molar-refractivity contribution in [2.75, 3.05) is 5.32 Å². The summed E-state index contributed by atoms with van der Waals surface area (Å²) in [6, 6.07) is 14.7. The summed E-state index contributed by atoms with van der Waals surface area (Å²) in [5.41, 5.74) is 0.884. The molecule has 31 heavy (non-hydrogen) atoms. The fourth-order valence-electron chi connectivity index (χ4n) is 3.76. The van der Waals surface area contributed by atoms with Crippen LogP contribution in [-0.4, -0.2) is 27.6 Å². The van der Waals surface area contributed by atoms with Crippen molar-refractivity contribution in [1.82, 2.24) is 15.1 Å². The molecule has 0 radical (unpaired) electrons. The molecule has 0 spiro atoms. The van der Waals surface area contributed by atoms with E-state index in [1.165, 1.54) is 10.7 Å². The second-order valence-corrected chi connectivity index (χ2v) is 8.05. The van der Waals surface area contributed by atoms with Crippen LogP contribution in [0.4, 0.5) is 10.2 Å². The Balaban J connectivity index is 1.28. The fraction of sp³-hybridized carbons (Fsp3) is 0.261. The molecule has 6 nitrogen and oxygen atoms in total. The maximum absolute atomic E-state index is 13.9. The summed E-state index contributed by atoms with van der Waals surface area (Å²) in [7, 11) is 0. The number of nitrogens with zero attached hydrogens (tertiary/aromatic N) is 2. The molecule has 2 N–H and O–H groups in total. The van der Waals surface area contributed by atoms with Crippen LogP contribution in [-0.2, 0) is 4.79 Å². The van der Waals surface area contributed by atoms with Crippen LogP contribution < -0.4 is 10.6 Å². The number of rotatable bonds is 5. The van der Waals surface area contributed by atoms with E-state index in [1.54, 1.807) is 54.7 Å². The van der Waals surface area contributed by atoms with Gasteiger partial charge in [0.1, 0.15) is 11.5 Å². The van der Waals surface area contributed by atoms with Gasteiger partial charge in [0.25, 0.3) is 5.91 Å². The van der Waals surface area contributed by atoms with Crippen molar-refractivity contribution in [3.8, 4) is 5.69 Å². The van der Waals surface area contributed by atoms with Crippen LogP contribution >= 0.6 is 11.6 Å². The Hall–Kier alpha value is -3.19. The van der Waals surface area contributed by atoms with Crippen molar-refractivity contribution in [2.45, 2.75) is 31.7 Å². The van der Waals surface area contributed by atoms with Gasteiger partial charge in [-0.15, -0.1) is 5.10 Å². The summed E-state index contributed by atoms with van der Waals surface area (Å²) in [5.74, 6) is -0.402. The number of halogens is 2. The average molecular weight is 441 g/mol. The molecule has 2 amide bonds. The first-order chi connectivity index (χ1) is 15.0. The van der Waals surface area contributed by atoms with Crippen LogP contribution in [0.15, 0.2) is 60.8 Å². The van der Waals surface area contributed by atoms with Crippen molar-refractivity contribution in [2.24, 2.45) is 5.92 Å². The fourth-order valence-corrected chi connectivity index (χ4v) is 3.89. The molecule has 1 heterocycles. The SMILES string of the molecule is O=C(NC1CCC(C(=O)Nc2ccn(-c3ccccc3F)n2)CC1)c1ccc(Cl)cc1. The molecule has 1 aromatic heterocycles. The summed E-state index contributed by atoms with van der Waals surface area (Å²) in [6.45, 7) is 0. The van der Waals surface area contributed by atoms with Crippen molar-refractivity contribution in [1.29, 1.82) is 0 Å². The van der Waals surface area contributed by atoms with Crippen LogP contribution in [0.25, 0.3) is 5.69 Å². The maximum atomic E-state index is 13.9. The number of hydrogen-bond acceptors (Lipinski definition) is 3. The molecule has 1 aliphatic rings. The summed E-state index contributed by atoms with van der Waals surface area (Å²) in [5, 5.41) is 10.7. The standard InChI is InChI=1S/C23H22ClFN4O2/c24-17-9-5-15(6-10-17)22(30)26-18-11-7-16(8-12-18)23(31)27-21-13-14-29(28-21)20-4-2-1-3-19(20)25/h1-6,9-10,13-14,16,18H,7-8,11-12H2,(H,26,30)(H,27,28,31). The van der Waals surface area contributed by atoms with E-state index in [0.29, 0.717) is 34.9 Å². The van der Waals surface area contributed by atoms with Gasteiger partial charge in [-0.3, -0.25) is 9.59 Å². The molecule has 160 valence electrons. The largest absolute Gasteiger partial charge is 0.349 e. The maximum Gasteiger partial charge on any atom is 0.251 e. The molecule has 1 saturated carbocycles. The topological polar surface area (TPSA) is 76.0 Å². The van der Waals surface area contributed by atoms with E-state index in [0.717, 1.165) is 12.8 Å². The number of benzene rings is 2. The molecule has 0 saturated heterocycles. The molecule has 0 atom stereocenters. The van der Waals surface area contributed by atoms with E-state index in [1.807, 2.05) is 0 Å². The van der Waals surface area contributed by atoms with Gasteiger partial charge < -0.3 is 10.6 Å². The van der Waals surface area contributed by atoms with Gasteiger partial charge in [0.05, 0.1) is 0 Å². The minimum absolute atomic E-state index is 0.0347. The number of carbonyl (C=O) groups is 2. The van der Waals surface area contributed by atoms with Gasteiger partial charge in [-0.2, -0.15) is 0 Å². The van der Waals surface area contributed by atoms with Gasteiger partial charge in [-0.05, 0) is 62.1 Å². The molecule has 3 aromatic rings. The molecule has 1 fully saturated rings. The van der Waals surface area contributed by atoms with Crippen molar-refractivity contribution < 1.29 is 14.0 Å². The van der Waals surface area contributed by atoms with Gasteiger partial charge >= 0.3 is 0 Å². The molecule has 8 heteroatoms. The van der Waals surface area contributed by atoms with Gasteiger partial charge in [0.15, 0.2) is 5.82 Å². The highest BCUT2D eigenvalue weighted by atomic mass is 35.5. The molecule has 1 aliphatic carbocycles. The quantitative estimate of drug-likeness (QED) is 0.609. The number of nitrogens with one attached hydrogen (secondary N) is 2. The highest BCUT2D eigenvalue weighted by molar-refractivity contribution is 6.30. The third kappa shape index (κ3) is 5.11. The predicted molar refractivity (Wildman–Crippen MR) is 117 cm³/mol. The number of para-hydroxylation sites is 1. The van der Waals surface area contributed by atoms with E-state index in [9.17, 15) is 14.0 Å². The third-order valence-electron chi connectivity index (χ3n) is 5.48. The molecule has 0 bridgehead atoms. The summed E-state index contributed by atoms with van der Waals surface area (Å²) < 4.78 is 15.3. The molecule has 0 aliphatic heterocycles. The normalized spacial score (nSPS) is 18.4. The van der Waals surface area contributed by atoms with E-state index in [-0.39, 0.29) is 29.6 Å². The zero-order chi connectivity index (χ0) is 21.8. The second-order valence-electron chi connectivity index (χ2n) is 7.62. The summed E-state index contributed by atoms with van der Waals surface area (Å²) in [4.78, 5) is 25.0. The van der Waals surface area contributed by atoms with Gasteiger partial charge in [0, 0.05) is 34.8 Å². The number of amides is 2. The van der Waals surface area contributed by atoms with Crippen LogP contribution in [0.2, 0.25) is 5.02 Å². The van der Waals surface area contributed by atoms with Gasteiger partial charge in [0.2, 0.25) is 5.91 Å². The van der Waals surface area contributed by atoms with E-state index >= 15 is 0 Å². The lowest BCUT2D eigenvalue weighted by atomic mass is 9.85. The lowest BCUT2D eigenvalue weighted by Crippen LogP contribution is -2.39. The Kier molecular flexibility index (Phi) is 6.32. The Labute approximate surface area is 184 Å². The second kappa shape index (κ2) is 9.31. The smallest absolute Gasteiger partial charge is 0.251 e. The number of hydrogen-bond donors (Lipinski definition) is 2. The van der Waals surface area contributed by atoms with Crippen LogP contribution in [0, 0.1) is 11.7 Å². The lowest BCUT2D eigenvalue weighted by molar-refractivity contribution is -0.120. The lowest BCUT2D eigenvalue weighted by Gasteiger charge is -2.28. The predicted octanol–water partition coefficient (Wildman–Crippen LogP) is 4.59. The van der Waals surface area contributed by atoms with Crippen LogP contribution in [0.5, 0.6) is 0 Å². The van der Waals surface area contributed by atoms with Gasteiger partial charge in [-0.1, -0.05) is 23.7 Å². The number of aromatic nitrogens is 2. The first-order valence-corrected chi connectivity index (χ1v) is 10.6. The minimum Gasteiger partial charge on any atom is -0.349 e. The molecule has 2 aromatic carbocycles. The number of carbonyl (C=O) groups excluding carboxylic acids is 2. The van der Waals surface area contributed by atoms with Gasteiger partial charge in [-0.25, -0.2) is 9.07 Å². The minimum atomic E-state index is -0.387. The molecular weight excluding hydrogens is 419 g/mol. The Morgan fingerprint density at radius 1 is 1.00 bits per heavy atom. The Morgan fingerprint density at radius 2 is 1.71 bits per heavy atom. The van der Waals surface area contributed by atoms with Crippen LogP contribution in [0.3, 0.4) is 0 Å². The molecule has 4 rings (SSSR count). The number of anilines is 1. The highest BCUT2D eigenvalue weighted by Crippen LogP contribution is 2.26. The van der Waals surface area contributed by atoms with Crippen molar-refractivity contribution in [3.63, 3.8) is 0 Å². The van der Waals surface area contributed by atoms with E-state index < -0.39 is 0 Å². The summed E-state index contributed by atoms with van der Waals surface area (Å²) >= 11 is 5.86. The molecule has 0 unspecified atom stereocenters. The average Bonchev–Trinajstić information content (AvgIpc) is 3.23. The van der Waals surface area contributed by atoms with Crippen molar-refractivity contribution >= 4 is 29.2 Å². The Bertz CT molecular complexity index is 1080. The Morgan fingerprint density at radius 3 is 2.42 bits per heavy atom. The zero-order valence-corrected chi connectivity index (χ0v) is 17.5. The molecular formula is C23H22ClFN4O2. The highest BCUT2D eigenvalue weighted by Gasteiger charge is 2.27. The van der Waals surface area contributed by atoms with E-state index in [4.69, 9.17) is 11.6 Å². The monoisotopic (exact) mass is 440 g/mol. The third-order valence-corrected chi connectivity index (χ3v) is 5.73. The summed E-state index contributed by atoms with van der Waals surface area (Å²) in [6.07, 6.45) is 4.40. The van der Waals surface area contributed by atoms with E-state index in [2.05, 4.69) is 15.7 Å². The first kappa shape index (κ1) is 21.1. The zero-order valence-electron chi connectivity index (χ0n) is 16.7. The first-order valence-electron chi connectivity index (χ1n) is 10.2. The van der Waals surface area contributed by atoms with Crippen molar-refractivity contribution in [3.05, 3.63) is 77.2 Å².